The first-order chi connectivity index (χ1) is 10.8. The predicted octanol–water partition coefficient (Wildman–Crippen LogP) is 5.37. The second-order valence-corrected chi connectivity index (χ2v) is 6.16. The summed E-state index contributed by atoms with van der Waals surface area (Å²) in [5, 5.41) is 0. The van der Waals surface area contributed by atoms with Gasteiger partial charge in [0, 0.05) is 6.07 Å². The number of hydrogen-bond acceptors (Lipinski definition) is 3. The first-order valence-electron chi connectivity index (χ1n) is 8.72. The van der Waals surface area contributed by atoms with Crippen molar-refractivity contribution in [1.29, 1.82) is 0 Å². The molecular formula is C19H30O3. The van der Waals surface area contributed by atoms with E-state index < -0.39 is 0 Å². The predicted molar refractivity (Wildman–Crippen MR) is 90.1 cm³/mol. The van der Waals surface area contributed by atoms with Crippen LogP contribution in [-0.4, -0.2) is 20.3 Å². The van der Waals surface area contributed by atoms with Crippen molar-refractivity contribution in [3.8, 4) is 17.2 Å². The minimum absolute atomic E-state index is 0.330. The van der Waals surface area contributed by atoms with E-state index in [4.69, 9.17) is 14.2 Å². The molecule has 22 heavy (non-hydrogen) atoms. The van der Waals surface area contributed by atoms with E-state index in [1.807, 2.05) is 18.2 Å². The van der Waals surface area contributed by atoms with Crippen molar-refractivity contribution >= 4 is 0 Å². The Labute approximate surface area is 135 Å². The summed E-state index contributed by atoms with van der Waals surface area (Å²) in [4.78, 5) is 0. The maximum Gasteiger partial charge on any atom is 0.164 e. The summed E-state index contributed by atoms with van der Waals surface area (Å²) in [5.74, 6) is 2.37. The first-order valence-corrected chi connectivity index (χ1v) is 8.72. The Bertz CT molecular complexity index is 419. The summed E-state index contributed by atoms with van der Waals surface area (Å²) >= 11 is 0. The van der Waals surface area contributed by atoms with Gasteiger partial charge >= 0.3 is 0 Å². The molecule has 0 aromatic heterocycles. The molecule has 1 aromatic carbocycles. The van der Waals surface area contributed by atoms with Crippen LogP contribution >= 0.6 is 0 Å². The van der Waals surface area contributed by atoms with Gasteiger partial charge in [-0.05, 0) is 37.8 Å². The minimum Gasteiger partial charge on any atom is -0.493 e. The molecule has 2 rings (SSSR count). The summed E-state index contributed by atoms with van der Waals surface area (Å²) in [6.07, 6.45) is 13.4. The van der Waals surface area contributed by atoms with E-state index in [0.717, 1.165) is 30.1 Å². The van der Waals surface area contributed by atoms with Crippen LogP contribution in [0.25, 0.3) is 0 Å². The molecule has 0 radical (unpaired) electrons. The molecule has 0 saturated heterocycles. The van der Waals surface area contributed by atoms with Crippen LogP contribution in [0.5, 0.6) is 17.2 Å². The van der Waals surface area contributed by atoms with Crippen molar-refractivity contribution in [2.45, 2.75) is 70.3 Å². The van der Waals surface area contributed by atoms with Crippen LogP contribution in [0.4, 0.5) is 0 Å². The highest BCUT2D eigenvalue weighted by molar-refractivity contribution is 5.45. The van der Waals surface area contributed by atoms with Gasteiger partial charge in [0.05, 0.1) is 20.3 Å². The van der Waals surface area contributed by atoms with Gasteiger partial charge in [0.15, 0.2) is 11.5 Å². The summed E-state index contributed by atoms with van der Waals surface area (Å²) in [6.45, 7) is 0. The van der Waals surface area contributed by atoms with Gasteiger partial charge < -0.3 is 14.2 Å². The molecule has 3 heteroatoms. The lowest BCUT2D eigenvalue weighted by molar-refractivity contribution is 0.173. The monoisotopic (exact) mass is 306 g/mol. The van der Waals surface area contributed by atoms with Gasteiger partial charge in [-0.3, -0.25) is 0 Å². The molecule has 0 N–H and O–H groups in total. The second-order valence-electron chi connectivity index (χ2n) is 6.16. The molecule has 0 amide bonds. The fourth-order valence-electron chi connectivity index (χ4n) is 3.15. The second kappa shape index (κ2) is 9.60. The molecule has 0 unspecified atom stereocenters. The van der Waals surface area contributed by atoms with Crippen LogP contribution in [0.3, 0.4) is 0 Å². The summed E-state index contributed by atoms with van der Waals surface area (Å²) in [7, 11) is 3.32. The molecule has 1 aliphatic rings. The third-order valence-electron chi connectivity index (χ3n) is 4.46. The number of benzene rings is 1. The molecule has 0 aliphatic heterocycles. The van der Waals surface area contributed by atoms with E-state index in [1.54, 1.807) is 14.2 Å². The van der Waals surface area contributed by atoms with Gasteiger partial charge in [0.1, 0.15) is 5.75 Å². The topological polar surface area (TPSA) is 27.7 Å². The Morgan fingerprint density at radius 3 is 1.82 bits per heavy atom. The number of rotatable bonds is 4. The van der Waals surface area contributed by atoms with Gasteiger partial charge in [0.25, 0.3) is 0 Å². The van der Waals surface area contributed by atoms with Gasteiger partial charge in [-0.1, -0.05) is 38.5 Å². The lowest BCUT2D eigenvalue weighted by atomic mass is 10.1. The van der Waals surface area contributed by atoms with Crippen molar-refractivity contribution < 1.29 is 14.2 Å². The lowest BCUT2D eigenvalue weighted by Crippen LogP contribution is -2.16. The maximum atomic E-state index is 6.23. The van der Waals surface area contributed by atoms with E-state index in [-0.39, 0.29) is 0 Å². The quantitative estimate of drug-likeness (QED) is 0.749. The van der Waals surface area contributed by atoms with Gasteiger partial charge in [0.2, 0.25) is 0 Å². The Balaban J connectivity index is 1.96. The smallest absolute Gasteiger partial charge is 0.164 e. The number of methoxy groups -OCH3 is 2. The summed E-state index contributed by atoms with van der Waals surface area (Å²) in [5.41, 5.74) is 0. The molecule has 0 bridgehead atoms. The van der Waals surface area contributed by atoms with Gasteiger partial charge in [-0.2, -0.15) is 0 Å². The SMILES string of the molecule is COc1ccc(OC2CCCCCCCCCC2)cc1OC. The average molecular weight is 306 g/mol. The normalized spacial score (nSPS) is 18.3. The third-order valence-corrected chi connectivity index (χ3v) is 4.46. The molecule has 124 valence electrons. The third kappa shape index (κ3) is 5.43. The van der Waals surface area contributed by atoms with Crippen molar-refractivity contribution in [2.24, 2.45) is 0 Å². The van der Waals surface area contributed by atoms with E-state index in [0.29, 0.717) is 6.10 Å². The Morgan fingerprint density at radius 2 is 1.27 bits per heavy atom. The van der Waals surface area contributed by atoms with Crippen LogP contribution in [0.15, 0.2) is 18.2 Å². The summed E-state index contributed by atoms with van der Waals surface area (Å²) < 4.78 is 16.9. The fraction of sp³-hybridized carbons (Fsp3) is 0.684. The first kappa shape index (κ1) is 17.0. The highest BCUT2D eigenvalue weighted by Gasteiger charge is 2.13. The molecule has 1 fully saturated rings. The zero-order valence-corrected chi connectivity index (χ0v) is 14.1. The van der Waals surface area contributed by atoms with Crippen LogP contribution in [0.1, 0.15) is 64.2 Å². The Morgan fingerprint density at radius 1 is 0.727 bits per heavy atom. The number of hydrogen-bond donors (Lipinski definition) is 0. The minimum atomic E-state index is 0.330. The molecule has 1 aliphatic carbocycles. The molecule has 1 aromatic rings. The Hall–Kier alpha value is -1.38. The van der Waals surface area contributed by atoms with Crippen LogP contribution in [0, 0.1) is 0 Å². The van der Waals surface area contributed by atoms with Crippen molar-refractivity contribution in [3.63, 3.8) is 0 Å². The molecule has 1 saturated carbocycles. The van der Waals surface area contributed by atoms with Gasteiger partial charge in [-0.15, -0.1) is 0 Å². The largest absolute Gasteiger partial charge is 0.493 e. The summed E-state index contributed by atoms with van der Waals surface area (Å²) in [6, 6.07) is 5.83. The zero-order chi connectivity index (χ0) is 15.6. The molecular weight excluding hydrogens is 276 g/mol. The molecule has 0 heterocycles. The van der Waals surface area contributed by atoms with E-state index in [9.17, 15) is 0 Å². The van der Waals surface area contributed by atoms with Crippen LogP contribution < -0.4 is 14.2 Å². The van der Waals surface area contributed by atoms with Crippen LogP contribution in [-0.2, 0) is 0 Å². The van der Waals surface area contributed by atoms with Crippen molar-refractivity contribution in [1.82, 2.24) is 0 Å². The van der Waals surface area contributed by atoms with E-state index in [2.05, 4.69) is 0 Å². The van der Waals surface area contributed by atoms with Crippen molar-refractivity contribution in [3.05, 3.63) is 18.2 Å². The molecule has 3 nitrogen and oxygen atoms in total. The highest BCUT2D eigenvalue weighted by Crippen LogP contribution is 2.32. The molecule has 0 atom stereocenters. The molecule has 0 spiro atoms. The van der Waals surface area contributed by atoms with Crippen LogP contribution in [0.2, 0.25) is 0 Å². The maximum absolute atomic E-state index is 6.23. The van der Waals surface area contributed by atoms with Crippen molar-refractivity contribution in [2.75, 3.05) is 14.2 Å². The average Bonchev–Trinajstić information content (AvgIpc) is 2.61. The number of ether oxygens (including phenoxy) is 3. The van der Waals surface area contributed by atoms with E-state index in [1.165, 1.54) is 51.4 Å². The standard InChI is InChI=1S/C19H30O3/c1-20-18-14-13-17(15-19(18)21-2)22-16-11-9-7-5-3-4-6-8-10-12-16/h13-16H,3-12H2,1-2H3. The van der Waals surface area contributed by atoms with Gasteiger partial charge in [-0.25, -0.2) is 0 Å². The zero-order valence-electron chi connectivity index (χ0n) is 14.1. The Kier molecular flexibility index (Phi) is 7.41. The highest BCUT2D eigenvalue weighted by atomic mass is 16.5. The van der Waals surface area contributed by atoms with E-state index >= 15 is 0 Å². The lowest BCUT2D eigenvalue weighted by Gasteiger charge is -2.20. The fourth-order valence-corrected chi connectivity index (χ4v) is 3.15.